The van der Waals surface area contributed by atoms with Crippen molar-refractivity contribution in [3.8, 4) is 0 Å². The molecule has 0 aromatic carbocycles. The van der Waals surface area contributed by atoms with E-state index in [1.165, 1.54) is 0 Å². The molecule has 1 aliphatic heterocycles. The van der Waals surface area contributed by atoms with Crippen LogP contribution in [0.15, 0.2) is 0 Å². The van der Waals surface area contributed by atoms with Crippen LogP contribution >= 0.6 is 0 Å². The van der Waals surface area contributed by atoms with Crippen molar-refractivity contribution in [3.63, 3.8) is 0 Å². The van der Waals surface area contributed by atoms with Gasteiger partial charge in [0.25, 0.3) is 0 Å². The summed E-state index contributed by atoms with van der Waals surface area (Å²) in [6.07, 6.45) is 0.00671. The number of alkyl carbamates (subject to hydrolysis) is 1. The van der Waals surface area contributed by atoms with Gasteiger partial charge in [-0.1, -0.05) is 0 Å². The van der Waals surface area contributed by atoms with Crippen molar-refractivity contribution >= 4 is 12.2 Å². The molecule has 158 valence electrons. The third kappa shape index (κ3) is 7.92. The Morgan fingerprint density at radius 1 is 1.19 bits per heavy atom. The van der Waals surface area contributed by atoms with Crippen molar-refractivity contribution in [2.24, 2.45) is 0 Å². The van der Waals surface area contributed by atoms with Gasteiger partial charge in [-0.15, -0.1) is 0 Å². The average Bonchev–Trinajstić information content (AvgIpc) is 2.74. The van der Waals surface area contributed by atoms with Gasteiger partial charge in [0.05, 0.1) is 25.3 Å². The molecule has 1 aliphatic rings. The summed E-state index contributed by atoms with van der Waals surface area (Å²) in [6.45, 7) is 14.6. The molecule has 0 bridgehead atoms. The SMILES string of the molecule is CC(C)(C)OC(=O)N[C@@H](CO)CC[C@H]1COC(C)(C)N1C(=O)OC(C)(C)C. The molecular formula is C19H36N2O6. The second-order valence-electron chi connectivity index (χ2n) is 9.36. The van der Waals surface area contributed by atoms with E-state index in [4.69, 9.17) is 14.2 Å². The summed E-state index contributed by atoms with van der Waals surface area (Å²) in [7, 11) is 0. The Balaban J connectivity index is 2.69. The fourth-order valence-corrected chi connectivity index (χ4v) is 2.85. The number of carbonyl (C=O) groups excluding carboxylic acids is 2. The van der Waals surface area contributed by atoms with Gasteiger partial charge in [-0.05, 0) is 68.2 Å². The highest BCUT2D eigenvalue weighted by atomic mass is 16.6. The number of aliphatic hydroxyl groups excluding tert-OH is 1. The van der Waals surface area contributed by atoms with Gasteiger partial charge in [0.2, 0.25) is 0 Å². The maximum Gasteiger partial charge on any atom is 0.412 e. The summed E-state index contributed by atoms with van der Waals surface area (Å²) in [6, 6.07) is -0.673. The second-order valence-corrected chi connectivity index (χ2v) is 9.36. The quantitative estimate of drug-likeness (QED) is 0.751. The third-order valence-electron chi connectivity index (χ3n) is 3.95. The van der Waals surface area contributed by atoms with Crippen LogP contribution < -0.4 is 5.32 Å². The summed E-state index contributed by atoms with van der Waals surface area (Å²) in [4.78, 5) is 26.1. The number of hydrogen-bond acceptors (Lipinski definition) is 6. The Labute approximate surface area is 162 Å². The normalized spacial score (nSPS) is 20.9. The van der Waals surface area contributed by atoms with E-state index in [9.17, 15) is 14.7 Å². The van der Waals surface area contributed by atoms with Crippen LogP contribution in [0.4, 0.5) is 9.59 Å². The molecule has 1 rings (SSSR count). The zero-order valence-corrected chi connectivity index (χ0v) is 17.9. The zero-order valence-electron chi connectivity index (χ0n) is 17.9. The number of aliphatic hydroxyl groups is 1. The molecule has 0 saturated carbocycles. The lowest BCUT2D eigenvalue weighted by Gasteiger charge is -2.35. The molecule has 8 nitrogen and oxygen atoms in total. The summed E-state index contributed by atoms with van der Waals surface area (Å²) in [5, 5.41) is 12.2. The number of nitrogens with zero attached hydrogens (tertiary/aromatic N) is 1. The molecule has 0 spiro atoms. The molecule has 27 heavy (non-hydrogen) atoms. The molecule has 1 fully saturated rings. The number of nitrogens with one attached hydrogen (secondary N) is 1. The second kappa shape index (κ2) is 8.65. The predicted molar refractivity (Wildman–Crippen MR) is 101 cm³/mol. The Morgan fingerprint density at radius 2 is 1.74 bits per heavy atom. The van der Waals surface area contributed by atoms with Crippen molar-refractivity contribution in [3.05, 3.63) is 0 Å². The summed E-state index contributed by atoms with van der Waals surface area (Å²) >= 11 is 0. The minimum absolute atomic E-state index is 0.204. The zero-order chi connectivity index (χ0) is 21.0. The first-order chi connectivity index (χ1) is 12.1. The van der Waals surface area contributed by atoms with Crippen LogP contribution in [-0.4, -0.2) is 64.4 Å². The third-order valence-corrected chi connectivity index (χ3v) is 3.95. The fraction of sp³-hybridized carbons (Fsp3) is 0.895. The smallest absolute Gasteiger partial charge is 0.412 e. The molecule has 0 radical (unpaired) electrons. The van der Waals surface area contributed by atoms with Crippen molar-refractivity contribution in [2.45, 2.75) is 97.2 Å². The van der Waals surface area contributed by atoms with Crippen LogP contribution in [-0.2, 0) is 14.2 Å². The number of rotatable bonds is 5. The molecule has 1 heterocycles. The van der Waals surface area contributed by atoms with E-state index in [-0.39, 0.29) is 12.6 Å². The Morgan fingerprint density at radius 3 is 2.22 bits per heavy atom. The Bertz CT molecular complexity index is 521. The first-order valence-corrected chi connectivity index (χ1v) is 9.41. The highest BCUT2D eigenvalue weighted by Crippen LogP contribution is 2.31. The molecule has 2 amide bonds. The van der Waals surface area contributed by atoms with Gasteiger partial charge < -0.3 is 24.6 Å². The number of ether oxygens (including phenoxy) is 3. The number of carbonyl (C=O) groups is 2. The van der Waals surface area contributed by atoms with Crippen molar-refractivity contribution in [1.82, 2.24) is 10.2 Å². The van der Waals surface area contributed by atoms with Crippen LogP contribution in [0.1, 0.15) is 68.2 Å². The van der Waals surface area contributed by atoms with Gasteiger partial charge >= 0.3 is 12.2 Å². The van der Waals surface area contributed by atoms with Gasteiger partial charge in [-0.25, -0.2) is 9.59 Å². The number of hydrogen-bond donors (Lipinski definition) is 2. The molecule has 0 aliphatic carbocycles. The van der Waals surface area contributed by atoms with E-state index < -0.39 is 35.2 Å². The molecule has 8 heteroatoms. The lowest BCUT2D eigenvalue weighted by atomic mass is 10.1. The topological polar surface area (TPSA) is 97.3 Å². The van der Waals surface area contributed by atoms with Gasteiger partial charge in [-0.3, -0.25) is 4.90 Å². The van der Waals surface area contributed by atoms with Crippen LogP contribution in [0.25, 0.3) is 0 Å². The van der Waals surface area contributed by atoms with Crippen molar-refractivity contribution in [2.75, 3.05) is 13.2 Å². The van der Waals surface area contributed by atoms with E-state index in [0.29, 0.717) is 19.4 Å². The van der Waals surface area contributed by atoms with Crippen molar-refractivity contribution < 1.29 is 28.9 Å². The van der Waals surface area contributed by atoms with Crippen LogP contribution in [0.2, 0.25) is 0 Å². The monoisotopic (exact) mass is 388 g/mol. The van der Waals surface area contributed by atoms with E-state index in [0.717, 1.165) is 0 Å². The summed E-state index contributed by atoms with van der Waals surface area (Å²) in [5.74, 6) is 0. The van der Waals surface area contributed by atoms with Gasteiger partial charge in [-0.2, -0.15) is 0 Å². The van der Waals surface area contributed by atoms with E-state index >= 15 is 0 Å². The van der Waals surface area contributed by atoms with Crippen LogP contribution in [0.5, 0.6) is 0 Å². The van der Waals surface area contributed by atoms with Crippen molar-refractivity contribution in [1.29, 1.82) is 0 Å². The maximum absolute atomic E-state index is 12.6. The van der Waals surface area contributed by atoms with Gasteiger partial charge in [0.15, 0.2) is 0 Å². The molecule has 2 N–H and O–H groups in total. The molecular weight excluding hydrogens is 352 g/mol. The highest BCUT2D eigenvalue weighted by molar-refractivity contribution is 5.70. The summed E-state index contributed by atoms with van der Waals surface area (Å²) in [5.41, 5.74) is -1.99. The minimum atomic E-state index is -0.777. The summed E-state index contributed by atoms with van der Waals surface area (Å²) < 4.78 is 16.5. The van der Waals surface area contributed by atoms with Crippen LogP contribution in [0, 0.1) is 0 Å². The largest absolute Gasteiger partial charge is 0.444 e. The average molecular weight is 389 g/mol. The Kier molecular flexibility index (Phi) is 7.52. The van der Waals surface area contributed by atoms with E-state index in [2.05, 4.69) is 5.32 Å². The first kappa shape index (κ1) is 23.5. The fourth-order valence-electron chi connectivity index (χ4n) is 2.85. The standard InChI is InChI=1S/C19H36N2O6/c1-17(2,3)26-15(23)20-13(11-22)9-10-14-12-25-19(7,8)21(14)16(24)27-18(4,5)6/h13-14,22H,9-12H2,1-8H3,(H,20,23)/t13-,14+/m1/s1. The minimum Gasteiger partial charge on any atom is -0.444 e. The number of amides is 2. The van der Waals surface area contributed by atoms with E-state index in [1.54, 1.807) is 25.7 Å². The predicted octanol–water partition coefficient (Wildman–Crippen LogP) is 3.02. The highest BCUT2D eigenvalue weighted by Gasteiger charge is 2.45. The lowest BCUT2D eigenvalue weighted by molar-refractivity contribution is -0.0628. The Hall–Kier alpha value is -1.54. The molecule has 1 saturated heterocycles. The van der Waals surface area contributed by atoms with E-state index in [1.807, 2.05) is 34.6 Å². The molecule has 0 unspecified atom stereocenters. The van der Waals surface area contributed by atoms with Gasteiger partial charge in [0, 0.05) is 0 Å². The van der Waals surface area contributed by atoms with Gasteiger partial charge in [0.1, 0.15) is 16.9 Å². The molecule has 2 atom stereocenters. The maximum atomic E-state index is 12.6. The first-order valence-electron chi connectivity index (χ1n) is 9.41. The molecule has 0 aromatic heterocycles. The molecule has 0 aromatic rings. The lowest BCUT2D eigenvalue weighted by Crippen LogP contribution is -2.50. The van der Waals surface area contributed by atoms with Crippen LogP contribution in [0.3, 0.4) is 0 Å².